The minimum absolute atomic E-state index is 0.126. The number of benzene rings is 1. The van der Waals surface area contributed by atoms with Gasteiger partial charge in [-0.25, -0.2) is 0 Å². The molecule has 0 radical (unpaired) electrons. The van der Waals surface area contributed by atoms with Gasteiger partial charge in [-0.3, -0.25) is 10.1 Å². The highest BCUT2D eigenvalue weighted by Gasteiger charge is 2.01. The van der Waals surface area contributed by atoms with Gasteiger partial charge in [0.2, 0.25) is 0 Å². The fraction of sp³-hybridized carbons (Fsp3) is 0.111. The van der Waals surface area contributed by atoms with Crippen molar-refractivity contribution in [3.05, 3.63) is 45.4 Å². The van der Waals surface area contributed by atoms with Crippen LogP contribution in [0.4, 0.5) is 5.69 Å². The molecule has 0 aliphatic carbocycles. The Morgan fingerprint density at radius 3 is 2.46 bits per heavy atom. The number of nitro groups is 1. The van der Waals surface area contributed by atoms with E-state index >= 15 is 0 Å². The van der Waals surface area contributed by atoms with Gasteiger partial charge in [-0.15, -0.1) is 11.8 Å². The number of nitro benzene ring substituents is 1. The van der Waals surface area contributed by atoms with Crippen LogP contribution in [0.5, 0.6) is 0 Å². The average Bonchev–Trinajstić information content (AvgIpc) is 2.15. The smallest absolute Gasteiger partial charge is 0.258 e. The van der Waals surface area contributed by atoms with Gasteiger partial charge in [0.15, 0.2) is 0 Å². The van der Waals surface area contributed by atoms with Gasteiger partial charge in [0.1, 0.15) is 0 Å². The van der Waals surface area contributed by atoms with E-state index < -0.39 is 4.92 Å². The summed E-state index contributed by atoms with van der Waals surface area (Å²) < 4.78 is 0. The van der Waals surface area contributed by atoms with Crippen molar-refractivity contribution in [2.24, 2.45) is 0 Å². The van der Waals surface area contributed by atoms with Crippen LogP contribution in [-0.2, 0) is 0 Å². The third-order valence-electron chi connectivity index (χ3n) is 1.50. The summed E-state index contributed by atoms with van der Waals surface area (Å²) >= 11 is 1.59. The molecule has 4 heteroatoms. The van der Waals surface area contributed by atoms with Gasteiger partial charge in [-0.05, 0) is 35.4 Å². The number of nitrogens with zero attached hydrogens (tertiary/aromatic N) is 1. The molecule has 0 heterocycles. The third-order valence-corrected chi connectivity index (χ3v) is 1.91. The van der Waals surface area contributed by atoms with Crippen LogP contribution in [0.3, 0.4) is 0 Å². The summed E-state index contributed by atoms with van der Waals surface area (Å²) in [5, 5.41) is 12.2. The Labute approximate surface area is 80.6 Å². The maximum absolute atomic E-state index is 10.3. The Morgan fingerprint density at radius 2 is 2.00 bits per heavy atom. The molecule has 0 amide bonds. The molecule has 0 fully saturated rings. The molecule has 13 heavy (non-hydrogen) atoms. The standard InChI is InChI=1S/C9H9NO2S/c1-13-7-6-8-2-4-9(5-3-8)10(11)12/h2-7H,1H3/b7-6+. The lowest BCUT2D eigenvalue weighted by Gasteiger charge is -1.92. The van der Waals surface area contributed by atoms with Gasteiger partial charge in [0.25, 0.3) is 5.69 Å². The first kappa shape index (κ1) is 9.80. The number of hydrogen-bond acceptors (Lipinski definition) is 3. The van der Waals surface area contributed by atoms with Crippen LogP contribution in [-0.4, -0.2) is 11.2 Å². The van der Waals surface area contributed by atoms with Crippen molar-refractivity contribution in [2.75, 3.05) is 6.26 Å². The van der Waals surface area contributed by atoms with Crippen LogP contribution >= 0.6 is 11.8 Å². The Hall–Kier alpha value is -1.29. The molecule has 0 spiro atoms. The van der Waals surface area contributed by atoms with Gasteiger partial charge < -0.3 is 0 Å². The molecule has 0 aromatic heterocycles. The lowest BCUT2D eigenvalue weighted by molar-refractivity contribution is -0.384. The van der Waals surface area contributed by atoms with Gasteiger partial charge in [-0.1, -0.05) is 0 Å². The Balaban J connectivity index is 2.81. The molecular formula is C9H9NO2S. The normalized spacial score (nSPS) is 10.5. The second-order valence-electron chi connectivity index (χ2n) is 2.39. The van der Waals surface area contributed by atoms with Crippen LogP contribution < -0.4 is 0 Å². The van der Waals surface area contributed by atoms with Crippen LogP contribution in [0, 0.1) is 10.1 Å². The quantitative estimate of drug-likeness (QED) is 0.550. The third kappa shape index (κ3) is 2.91. The SMILES string of the molecule is CS/C=C/c1ccc([N+](=O)[O-])cc1. The molecule has 0 aliphatic rings. The Kier molecular flexibility index (Phi) is 3.52. The highest BCUT2D eigenvalue weighted by Crippen LogP contribution is 2.13. The van der Waals surface area contributed by atoms with Crippen LogP contribution in [0.2, 0.25) is 0 Å². The van der Waals surface area contributed by atoms with E-state index in [0.717, 1.165) is 5.56 Å². The highest BCUT2D eigenvalue weighted by molar-refractivity contribution is 8.01. The molecule has 0 unspecified atom stereocenters. The first-order valence-electron chi connectivity index (χ1n) is 3.68. The summed E-state index contributed by atoms with van der Waals surface area (Å²) in [6.45, 7) is 0. The Morgan fingerprint density at radius 1 is 1.38 bits per heavy atom. The molecule has 1 aromatic rings. The monoisotopic (exact) mass is 195 g/mol. The van der Waals surface area contributed by atoms with Gasteiger partial charge >= 0.3 is 0 Å². The minimum Gasteiger partial charge on any atom is -0.258 e. The fourth-order valence-electron chi connectivity index (χ4n) is 0.854. The molecule has 0 N–H and O–H groups in total. The largest absolute Gasteiger partial charge is 0.269 e. The van der Waals surface area contributed by atoms with E-state index in [2.05, 4.69) is 0 Å². The Bertz CT molecular complexity index is 319. The molecule has 3 nitrogen and oxygen atoms in total. The van der Waals surface area contributed by atoms with Crippen LogP contribution in [0.15, 0.2) is 29.7 Å². The molecule has 0 atom stereocenters. The van der Waals surface area contributed by atoms with Crippen molar-refractivity contribution < 1.29 is 4.92 Å². The molecule has 1 rings (SSSR count). The zero-order valence-electron chi connectivity index (χ0n) is 7.14. The van der Waals surface area contributed by atoms with Crippen molar-refractivity contribution in [3.8, 4) is 0 Å². The highest BCUT2D eigenvalue weighted by atomic mass is 32.2. The maximum atomic E-state index is 10.3. The van der Waals surface area contributed by atoms with Crippen LogP contribution in [0.1, 0.15) is 5.56 Å². The van der Waals surface area contributed by atoms with E-state index in [9.17, 15) is 10.1 Å². The van der Waals surface area contributed by atoms with E-state index in [4.69, 9.17) is 0 Å². The molecular weight excluding hydrogens is 186 g/mol. The van der Waals surface area contributed by atoms with Crippen molar-refractivity contribution >= 4 is 23.5 Å². The molecule has 0 saturated carbocycles. The number of hydrogen-bond donors (Lipinski definition) is 0. The summed E-state index contributed by atoms with van der Waals surface area (Å²) in [6.07, 6.45) is 3.87. The zero-order chi connectivity index (χ0) is 9.68. The number of thioether (sulfide) groups is 1. The first-order valence-corrected chi connectivity index (χ1v) is 4.96. The van der Waals surface area contributed by atoms with E-state index in [1.54, 1.807) is 23.9 Å². The van der Waals surface area contributed by atoms with Gasteiger partial charge in [0.05, 0.1) is 4.92 Å². The van der Waals surface area contributed by atoms with E-state index in [1.807, 2.05) is 17.7 Å². The average molecular weight is 195 g/mol. The van der Waals surface area contributed by atoms with Crippen molar-refractivity contribution in [1.82, 2.24) is 0 Å². The first-order chi connectivity index (χ1) is 6.24. The fourth-order valence-corrected chi connectivity index (χ4v) is 1.15. The molecule has 1 aromatic carbocycles. The van der Waals surface area contributed by atoms with Crippen molar-refractivity contribution in [3.63, 3.8) is 0 Å². The molecule has 0 saturated heterocycles. The van der Waals surface area contributed by atoms with Gasteiger partial charge in [0, 0.05) is 12.1 Å². The van der Waals surface area contributed by atoms with Gasteiger partial charge in [-0.2, -0.15) is 0 Å². The van der Waals surface area contributed by atoms with E-state index in [-0.39, 0.29) is 5.69 Å². The van der Waals surface area contributed by atoms with E-state index in [0.29, 0.717) is 0 Å². The summed E-state index contributed by atoms with van der Waals surface area (Å²) in [5.74, 6) is 0. The number of rotatable bonds is 3. The van der Waals surface area contributed by atoms with Crippen LogP contribution in [0.25, 0.3) is 6.08 Å². The van der Waals surface area contributed by atoms with Crippen molar-refractivity contribution in [1.29, 1.82) is 0 Å². The summed E-state index contributed by atoms with van der Waals surface area (Å²) in [5.41, 5.74) is 1.10. The predicted molar refractivity (Wildman–Crippen MR) is 55.6 cm³/mol. The summed E-state index contributed by atoms with van der Waals surface area (Å²) in [7, 11) is 0. The summed E-state index contributed by atoms with van der Waals surface area (Å²) in [4.78, 5) is 9.91. The second-order valence-corrected chi connectivity index (χ2v) is 3.13. The van der Waals surface area contributed by atoms with Crippen molar-refractivity contribution in [2.45, 2.75) is 0 Å². The predicted octanol–water partition coefficient (Wildman–Crippen LogP) is 2.93. The summed E-state index contributed by atoms with van der Waals surface area (Å²) in [6, 6.07) is 6.45. The number of non-ortho nitro benzene ring substituents is 1. The lowest BCUT2D eigenvalue weighted by Crippen LogP contribution is -1.86. The lowest BCUT2D eigenvalue weighted by atomic mass is 10.2. The van der Waals surface area contributed by atoms with E-state index in [1.165, 1.54) is 12.1 Å². The molecule has 0 bridgehead atoms. The molecule has 0 aliphatic heterocycles. The second kappa shape index (κ2) is 4.67. The molecule has 68 valence electrons. The topological polar surface area (TPSA) is 43.1 Å². The zero-order valence-corrected chi connectivity index (χ0v) is 7.95. The minimum atomic E-state index is -0.401. The maximum Gasteiger partial charge on any atom is 0.269 e.